The van der Waals surface area contributed by atoms with Crippen LogP contribution < -0.4 is 5.32 Å². The minimum Gasteiger partial charge on any atom is -0.346 e. The number of fused-ring (bicyclic) bond motifs is 1. The maximum absolute atomic E-state index is 12.2. The monoisotopic (exact) mass is 313 g/mol. The first-order valence-electron chi connectivity index (χ1n) is 7.11. The number of hydrogen-bond donors (Lipinski definition) is 2. The van der Waals surface area contributed by atoms with Gasteiger partial charge in [-0.2, -0.15) is 0 Å². The van der Waals surface area contributed by atoms with Crippen LogP contribution in [-0.4, -0.2) is 15.9 Å². The highest BCUT2D eigenvalue weighted by Crippen LogP contribution is 2.17. The average Bonchev–Trinajstić information content (AvgIpc) is 2.93. The van der Waals surface area contributed by atoms with Crippen LogP contribution >= 0.6 is 11.6 Å². The van der Waals surface area contributed by atoms with Crippen molar-refractivity contribution in [2.45, 2.75) is 19.4 Å². The Labute approximate surface area is 133 Å². The van der Waals surface area contributed by atoms with E-state index in [9.17, 15) is 4.79 Å². The van der Waals surface area contributed by atoms with E-state index in [-0.39, 0.29) is 18.4 Å². The zero-order valence-electron chi connectivity index (χ0n) is 12.1. The van der Waals surface area contributed by atoms with Gasteiger partial charge in [0.15, 0.2) is 0 Å². The van der Waals surface area contributed by atoms with E-state index in [1.54, 1.807) is 6.07 Å². The van der Waals surface area contributed by atoms with Crippen LogP contribution in [-0.2, 0) is 11.2 Å². The molecular weight excluding hydrogens is 298 g/mol. The standard InChI is InChI=1S/C17H16ClN3O/c1-11(17-20-14-8-4-5-9-15(14)21-17)19-16(22)10-12-6-2-3-7-13(12)18/h2-9,11H,10H2,1H3,(H,19,22)(H,20,21). The predicted octanol–water partition coefficient (Wildman–Crippen LogP) is 3.64. The number of para-hydroxylation sites is 2. The Morgan fingerprint density at radius 1 is 1.23 bits per heavy atom. The Morgan fingerprint density at radius 2 is 1.95 bits per heavy atom. The lowest BCUT2D eigenvalue weighted by atomic mass is 10.1. The molecule has 112 valence electrons. The minimum atomic E-state index is -0.192. The Morgan fingerprint density at radius 3 is 2.73 bits per heavy atom. The zero-order valence-corrected chi connectivity index (χ0v) is 12.9. The summed E-state index contributed by atoms with van der Waals surface area (Å²) in [6.45, 7) is 1.90. The molecule has 4 nitrogen and oxygen atoms in total. The van der Waals surface area contributed by atoms with Crippen LogP contribution in [0.4, 0.5) is 0 Å². The SMILES string of the molecule is CC(NC(=O)Cc1ccccc1Cl)c1nc2ccccc2[nH]1. The summed E-state index contributed by atoms with van der Waals surface area (Å²) < 4.78 is 0. The van der Waals surface area contributed by atoms with Crippen molar-refractivity contribution < 1.29 is 4.79 Å². The molecular formula is C17H16ClN3O. The molecule has 2 aromatic carbocycles. The molecule has 0 aliphatic heterocycles. The van der Waals surface area contributed by atoms with Crippen molar-refractivity contribution in [2.24, 2.45) is 0 Å². The molecule has 0 radical (unpaired) electrons. The number of halogens is 1. The van der Waals surface area contributed by atoms with Gasteiger partial charge in [0.05, 0.1) is 23.5 Å². The molecule has 0 saturated heterocycles. The molecule has 22 heavy (non-hydrogen) atoms. The molecule has 1 heterocycles. The average molecular weight is 314 g/mol. The largest absolute Gasteiger partial charge is 0.346 e. The van der Waals surface area contributed by atoms with Crippen LogP contribution in [0.2, 0.25) is 5.02 Å². The molecule has 5 heteroatoms. The third-order valence-corrected chi connectivity index (χ3v) is 3.87. The molecule has 1 unspecified atom stereocenters. The highest BCUT2D eigenvalue weighted by molar-refractivity contribution is 6.31. The lowest BCUT2D eigenvalue weighted by molar-refractivity contribution is -0.121. The van der Waals surface area contributed by atoms with E-state index in [4.69, 9.17) is 11.6 Å². The summed E-state index contributed by atoms with van der Waals surface area (Å²) in [4.78, 5) is 19.9. The van der Waals surface area contributed by atoms with Crippen molar-refractivity contribution in [1.82, 2.24) is 15.3 Å². The van der Waals surface area contributed by atoms with Gasteiger partial charge in [-0.1, -0.05) is 41.9 Å². The summed E-state index contributed by atoms with van der Waals surface area (Å²) in [7, 11) is 0. The van der Waals surface area contributed by atoms with Crippen LogP contribution in [0.15, 0.2) is 48.5 Å². The quantitative estimate of drug-likeness (QED) is 0.772. The smallest absolute Gasteiger partial charge is 0.225 e. The molecule has 3 aromatic rings. The number of aromatic nitrogens is 2. The summed E-state index contributed by atoms with van der Waals surface area (Å²) in [5.74, 6) is 0.662. The highest BCUT2D eigenvalue weighted by Gasteiger charge is 2.14. The van der Waals surface area contributed by atoms with Crippen molar-refractivity contribution in [3.05, 3.63) is 64.9 Å². The number of amides is 1. The second-order valence-electron chi connectivity index (χ2n) is 5.20. The number of rotatable bonds is 4. The fourth-order valence-corrected chi connectivity index (χ4v) is 2.56. The maximum Gasteiger partial charge on any atom is 0.225 e. The third kappa shape index (κ3) is 3.12. The number of hydrogen-bond acceptors (Lipinski definition) is 2. The molecule has 0 saturated carbocycles. The summed E-state index contributed by atoms with van der Waals surface area (Å²) in [6.07, 6.45) is 0.254. The Kier molecular flexibility index (Phi) is 4.11. The molecule has 3 rings (SSSR count). The number of H-pyrrole nitrogens is 1. The number of imidazole rings is 1. The fraction of sp³-hybridized carbons (Fsp3) is 0.176. The molecule has 0 bridgehead atoms. The van der Waals surface area contributed by atoms with Gasteiger partial charge in [0.1, 0.15) is 5.82 Å². The Balaban J connectivity index is 1.69. The molecule has 1 aromatic heterocycles. The van der Waals surface area contributed by atoms with Crippen LogP contribution in [0.1, 0.15) is 24.4 Å². The van der Waals surface area contributed by atoms with Crippen molar-refractivity contribution >= 4 is 28.5 Å². The molecule has 0 fully saturated rings. The molecule has 0 aliphatic rings. The summed E-state index contributed by atoms with van der Waals surface area (Å²) in [5, 5.41) is 3.55. The van der Waals surface area contributed by atoms with E-state index in [1.807, 2.05) is 49.4 Å². The van der Waals surface area contributed by atoms with Gasteiger partial charge in [-0.3, -0.25) is 4.79 Å². The number of aromatic amines is 1. The topological polar surface area (TPSA) is 57.8 Å². The predicted molar refractivity (Wildman–Crippen MR) is 87.8 cm³/mol. The van der Waals surface area contributed by atoms with E-state index >= 15 is 0 Å². The van der Waals surface area contributed by atoms with E-state index in [2.05, 4.69) is 15.3 Å². The second kappa shape index (κ2) is 6.20. The van der Waals surface area contributed by atoms with Gasteiger partial charge in [-0.05, 0) is 30.7 Å². The van der Waals surface area contributed by atoms with Gasteiger partial charge in [0.2, 0.25) is 5.91 Å². The van der Waals surface area contributed by atoms with Crippen LogP contribution in [0, 0.1) is 0 Å². The zero-order chi connectivity index (χ0) is 15.5. The number of nitrogens with one attached hydrogen (secondary N) is 2. The van der Waals surface area contributed by atoms with Gasteiger partial charge in [-0.15, -0.1) is 0 Å². The lowest BCUT2D eigenvalue weighted by Gasteiger charge is -2.12. The van der Waals surface area contributed by atoms with Gasteiger partial charge in [-0.25, -0.2) is 4.98 Å². The number of carbonyl (C=O) groups is 1. The van der Waals surface area contributed by atoms with Gasteiger partial charge >= 0.3 is 0 Å². The normalized spacial score (nSPS) is 12.3. The summed E-state index contributed by atoms with van der Waals surface area (Å²) in [5.41, 5.74) is 2.67. The van der Waals surface area contributed by atoms with Gasteiger partial charge < -0.3 is 10.3 Å². The fourth-order valence-electron chi connectivity index (χ4n) is 2.35. The van der Waals surface area contributed by atoms with Crippen LogP contribution in [0.25, 0.3) is 11.0 Å². The lowest BCUT2D eigenvalue weighted by Crippen LogP contribution is -2.28. The first kappa shape index (κ1) is 14.6. The van der Waals surface area contributed by atoms with Crippen molar-refractivity contribution in [3.63, 3.8) is 0 Å². The summed E-state index contributed by atoms with van der Waals surface area (Å²) >= 11 is 6.08. The van der Waals surface area contributed by atoms with E-state index in [0.717, 1.165) is 22.4 Å². The Bertz CT molecular complexity index is 779. The highest BCUT2D eigenvalue weighted by atomic mass is 35.5. The molecule has 1 amide bonds. The van der Waals surface area contributed by atoms with E-state index in [1.165, 1.54) is 0 Å². The van der Waals surface area contributed by atoms with E-state index in [0.29, 0.717) is 5.02 Å². The number of benzene rings is 2. The molecule has 2 N–H and O–H groups in total. The number of carbonyl (C=O) groups excluding carboxylic acids is 1. The first-order valence-corrected chi connectivity index (χ1v) is 7.48. The summed E-state index contributed by atoms with van der Waals surface area (Å²) in [6, 6.07) is 15.0. The first-order chi connectivity index (χ1) is 10.6. The van der Waals surface area contributed by atoms with Crippen molar-refractivity contribution in [1.29, 1.82) is 0 Å². The van der Waals surface area contributed by atoms with Crippen LogP contribution in [0.5, 0.6) is 0 Å². The van der Waals surface area contributed by atoms with Crippen molar-refractivity contribution in [3.8, 4) is 0 Å². The van der Waals surface area contributed by atoms with Crippen molar-refractivity contribution in [2.75, 3.05) is 0 Å². The minimum absolute atomic E-state index is 0.0824. The number of nitrogens with zero attached hydrogens (tertiary/aromatic N) is 1. The molecule has 0 spiro atoms. The van der Waals surface area contributed by atoms with E-state index < -0.39 is 0 Å². The Hall–Kier alpha value is -2.33. The molecule has 1 atom stereocenters. The van der Waals surface area contributed by atoms with Crippen LogP contribution in [0.3, 0.4) is 0 Å². The maximum atomic E-state index is 12.2. The third-order valence-electron chi connectivity index (χ3n) is 3.50. The van der Waals surface area contributed by atoms with Gasteiger partial charge in [0, 0.05) is 5.02 Å². The second-order valence-corrected chi connectivity index (χ2v) is 5.60. The van der Waals surface area contributed by atoms with Gasteiger partial charge in [0.25, 0.3) is 0 Å². The molecule has 0 aliphatic carbocycles.